The summed E-state index contributed by atoms with van der Waals surface area (Å²) in [6.07, 6.45) is -0.792. The number of hydrogen-bond donors (Lipinski definition) is 0. The van der Waals surface area contributed by atoms with Crippen LogP contribution in [0.5, 0.6) is 5.75 Å². The molecule has 1 aliphatic rings. The number of nitro groups is 1. The van der Waals surface area contributed by atoms with Crippen LogP contribution in [0.15, 0.2) is 72.8 Å². The first-order valence-corrected chi connectivity index (χ1v) is 9.38. The van der Waals surface area contributed by atoms with E-state index in [1.807, 2.05) is 31.2 Å². The smallest absolute Gasteiger partial charge is 0.271 e. The first-order chi connectivity index (χ1) is 13.9. The number of ether oxygens (including phenoxy) is 1. The lowest BCUT2D eigenvalue weighted by atomic mass is 9.89. The minimum absolute atomic E-state index is 0.0315. The van der Waals surface area contributed by atoms with Crippen molar-refractivity contribution >= 4 is 28.9 Å². The lowest BCUT2D eigenvalue weighted by Gasteiger charge is -2.46. The fraction of sp³-hybridized carbons (Fsp3) is 0.136. The maximum absolute atomic E-state index is 13.0. The normalized spacial score (nSPS) is 18.3. The first-order valence-electron chi connectivity index (χ1n) is 9.00. The summed E-state index contributed by atoms with van der Waals surface area (Å²) in [5.74, 6) is 0.298. The summed E-state index contributed by atoms with van der Waals surface area (Å²) in [6, 6.07) is 20.1. The third kappa shape index (κ3) is 3.67. The Balaban J connectivity index is 1.71. The number of carbonyl (C=O) groups is 1. The molecular weight excluding hydrogens is 392 g/mol. The predicted molar refractivity (Wildman–Crippen MR) is 110 cm³/mol. The van der Waals surface area contributed by atoms with Crippen LogP contribution in [0.1, 0.15) is 17.2 Å². The van der Waals surface area contributed by atoms with Crippen molar-refractivity contribution in [1.29, 1.82) is 0 Å². The van der Waals surface area contributed by atoms with Crippen LogP contribution in [-0.4, -0.2) is 16.9 Å². The standard InChI is InChI=1S/C22H17ClN2O4/c1-14-5-9-17(10-6-14)24-20(15-3-2-4-18(13-15)25(27)28)21(22(24)26)29-19-11-7-16(23)8-12-19/h2-13,20-21H,1H3. The van der Waals surface area contributed by atoms with Gasteiger partial charge in [0.05, 0.1) is 4.92 Å². The highest BCUT2D eigenvalue weighted by atomic mass is 35.5. The lowest BCUT2D eigenvalue weighted by Crippen LogP contribution is -2.61. The van der Waals surface area contributed by atoms with Crippen LogP contribution in [0, 0.1) is 17.0 Å². The number of amides is 1. The van der Waals surface area contributed by atoms with Crippen molar-refractivity contribution in [2.45, 2.75) is 19.1 Å². The van der Waals surface area contributed by atoms with E-state index in [4.69, 9.17) is 16.3 Å². The zero-order chi connectivity index (χ0) is 20.5. The molecule has 4 rings (SSSR count). The van der Waals surface area contributed by atoms with E-state index in [0.717, 1.165) is 5.56 Å². The summed E-state index contributed by atoms with van der Waals surface area (Å²) in [7, 11) is 0. The van der Waals surface area contributed by atoms with Gasteiger partial charge in [0.2, 0.25) is 6.10 Å². The second-order valence-corrected chi connectivity index (χ2v) is 7.27. The Morgan fingerprint density at radius 3 is 2.38 bits per heavy atom. The molecule has 1 aliphatic heterocycles. The first kappa shape index (κ1) is 19.0. The van der Waals surface area contributed by atoms with Gasteiger partial charge in [-0.1, -0.05) is 41.4 Å². The number of β-lactam (4-membered cyclic amide) rings is 1. The number of rotatable bonds is 5. The number of aryl methyl sites for hydroxylation is 1. The molecule has 2 unspecified atom stereocenters. The van der Waals surface area contributed by atoms with Gasteiger partial charge in [-0.15, -0.1) is 0 Å². The number of hydrogen-bond acceptors (Lipinski definition) is 4. The molecular formula is C22H17ClN2O4. The van der Waals surface area contributed by atoms with Crippen molar-refractivity contribution in [3.05, 3.63) is 99.1 Å². The van der Waals surface area contributed by atoms with E-state index >= 15 is 0 Å². The van der Waals surface area contributed by atoms with Gasteiger partial charge in [-0.05, 0) is 48.9 Å². The second-order valence-electron chi connectivity index (χ2n) is 6.83. The van der Waals surface area contributed by atoms with Gasteiger partial charge in [0.15, 0.2) is 0 Å². The lowest BCUT2D eigenvalue weighted by molar-refractivity contribution is -0.384. The second kappa shape index (κ2) is 7.56. The number of benzene rings is 3. The summed E-state index contributed by atoms with van der Waals surface area (Å²) < 4.78 is 5.94. The Hall–Kier alpha value is -3.38. The van der Waals surface area contributed by atoms with Crippen LogP contribution in [0.25, 0.3) is 0 Å². The third-order valence-corrected chi connectivity index (χ3v) is 5.11. The van der Waals surface area contributed by atoms with Crippen molar-refractivity contribution in [1.82, 2.24) is 0 Å². The average molecular weight is 409 g/mol. The maximum Gasteiger partial charge on any atom is 0.271 e. The van der Waals surface area contributed by atoms with Crippen molar-refractivity contribution in [2.75, 3.05) is 4.90 Å². The Morgan fingerprint density at radius 1 is 1.03 bits per heavy atom. The van der Waals surface area contributed by atoms with Crippen molar-refractivity contribution in [3.8, 4) is 5.75 Å². The molecule has 0 aliphatic carbocycles. The third-order valence-electron chi connectivity index (χ3n) is 4.86. The molecule has 2 atom stereocenters. The van der Waals surface area contributed by atoms with Gasteiger partial charge < -0.3 is 4.74 Å². The highest BCUT2D eigenvalue weighted by molar-refractivity contribution is 6.30. The molecule has 0 radical (unpaired) electrons. The van der Waals surface area contributed by atoms with Crippen LogP contribution >= 0.6 is 11.6 Å². The highest BCUT2D eigenvalue weighted by Gasteiger charge is 2.51. The van der Waals surface area contributed by atoms with E-state index < -0.39 is 17.1 Å². The molecule has 3 aromatic carbocycles. The SMILES string of the molecule is Cc1ccc(N2C(=O)C(Oc3ccc(Cl)cc3)C2c2cccc([N+](=O)[O-])c2)cc1. The number of halogens is 1. The van der Waals surface area contributed by atoms with Crippen molar-refractivity contribution in [3.63, 3.8) is 0 Å². The topological polar surface area (TPSA) is 72.7 Å². The number of nitro benzene ring substituents is 1. The summed E-state index contributed by atoms with van der Waals surface area (Å²) in [6.45, 7) is 1.96. The fourth-order valence-corrected chi connectivity index (χ4v) is 3.50. The summed E-state index contributed by atoms with van der Waals surface area (Å²) in [5, 5.41) is 11.8. The zero-order valence-electron chi connectivity index (χ0n) is 15.5. The molecule has 1 fully saturated rings. The van der Waals surface area contributed by atoms with E-state index in [-0.39, 0.29) is 11.6 Å². The zero-order valence-corrected chi connectivity index (χ0v) is 16.2. The van der Waals surface area contributed by atoms with E-state index in [2.05, 4.69) is 0 Å². The summed E-state index contributed by atoms with van der Waals surface area (Å²) >= 11 is 5.92. The van der Waals surface area contributed by atoms with Crippen LogP contribution in [0.3, 0.4) is 0 Å². The molecule has 7 heteroatoms. The van der Waals surface area contributed by atoms with Gasteiger partial charge in [-0.3, -0.25) is 19.8 Å². The minimum Gasteiger partial charge on any atom is -0.478 e. The Morgan fingerprint density at radius 2 is 1.72 bits per heavy atom. The molecule has 29 heavy (non-hydrogen) atoms. The molecule has 1 amide bonds. The molecule has 0 N–H and O–H groups in total. The minimum atomic E-state index is -0.792. The van der Waals surface area contributed by atoms with Gasteiger partial charge in [-0.25, -0.2) is 0 Å². The average Bonchev–Trinajstić information content (AvgIpc) is 2.72. The Kier molecular flexibility index (Phi) is 4.94. The summed E-state index contributed by atoms with van der Waals surface area (Å²) in [4.78, 5) is 25.3. The van der Waals surface area contributed by atoms with Crippen LogP contribution in [0.2, 0.25) is 5.02 Å². The summed E-state index contributed by atoms with van der Waals surface area (Å²) in [5.41, 5.74) is 2.39. The number of nitrogens with zero attached hydrogens (tertiary/aromatic N) is 2. The maximum atomic E-state index is 13.0. The fourth-order valence-electron chi connectivity index (χ4n) is 3.38. The highest BCUT2D eigenvalue weighted by Crippen LogP contribution is 2.42. The van der Waals surface area contributed by atoms with Crippen molar-refractivity contribution in [2.24, 2.45) is 0 Å². The number of anilines is 1. The molecule has 3 aromatic rings. The van der Waals surface area contributed by atoms with Crippen LogP contribution in [0.4, 0.5) is 11.4 Å². The Bertz CT molecular complexity index is 1070. The van der Waals surface area contributed by atoms with Crippen molar-refractivity contribution < 1.29 is 14.5 Å². The van der Waals surface area contributed by atoms with Gasteiger partial charge >= 0.3 is 0 Å². The predicted octanol–water partition coefficient (Wildman–Crippen LogP) is 5.09. The van der Waals surface area contributed by atoms with E-state index in [1.54, 1.807) is 41.3 Å². The van der Waals surface area contributed by atoms with E-state index in [9.17, 15) is 14.9 Å². The molecule has 0 aromatic heterocycles. The molecule has 0 saturated carbocycles. The molecule has 0 bridgehead atoms. The quantitative estimate of drug-likeness (QED) is 0.335. The monoisotopic (exact) mass is 408 g/mol. The molecule has 1 saturated heterocycles. The molecule has 146 valence electrons. The van der Waals surface area contributed by atoms with Gasteiger partial charge in [0.25, 0.3) is 11.6 Å². The largest absolute Gasteiger partial charge is 0.478 e. The molecule has 0 spiro atoms. The van der Waals surface area contributed by atoms with Gasteiger partial charge in [-0.2, -0.15) is 0 Å². The number of non-ortho nitro benzene ring substituents is 1. The van der Waals surface area contributed by atoms with E-state index in [1.165, 1.54) is 12.1 Å². The molecule has 1 heterocycles. The van der Waals surface area contributed by atoms with Crippen LogP contribution < -0.4 is 9.64 Å². The van der Waals surface area contributed by atoms with E-state index in [0.29, 0.717) is 22.0 Å². The number of carbonyl (C=O) groups excluding carboxylic acids is 1. The Labute approximate surface area is 172 Å². The van der Waals surface area contributed by atoms with Gasteiger partial charge in [0, 0.05) is 22.8 Å². The van der Waals surface area contributed by atoms with Gasteiger partial charge in [0.1, 0.15) is 11.8 Å². The van der Waals surface area contributed by atoms with Crippen LogP contribution in [-0.2, 0) is 4.79 Å². The molecule has 6 nitrogen and oxygen atoms in total.